The summed E-state index contributed by atoms with van der Waals surface area (Å²) < 4.78 is 0.194. The van der Waals surface area contributed by atoms with Gasteiger partial charge in [-0.2, -0.15) is 0 Å². The molecule has 0 bridgehead atoms. The highest BCUT2D eigenvalue weighted by molar-refractivity contribution is 8.10. The Labute approximate surface area is 165 Å². The van der Waals surface area contributed by atoms with E-state index in [0.29, 0.717) is 12.5 Å². The predicted octanol–water partition coefficient (Wildman–Crippen LogP) is -0.505. The highest BCUT2D eigenvalue weighted by Gasteiger charge is 2.29. The molecule has 0 aliphatic rings. The molecule has 0 unspecified atom stereocenters. The second-order valence-corrected chi connectivity index (χ2v) is 7.39. The summed E-state index contributed by atoms with van der Waals surface area (Å²) in [6.07, 6.45) is -5.84. The maximum Gasteiger partial charge on any atom is 0.128 e. The average molecular weight is 407 g/mol. The zero-order valence-electron chi connectivity index (χ0n) is 15.0. The number of thiol groups is 1. The first-order valence-electron chi connectivity index (χ1n) is 8.21. The van der Waals surface area contributed by atoms with Crippen molar-refractivity contribution >= 4 is 29.2 Å². The molecule has 9 heteroatoms. The second-order valence-electron chi connectivity index (χ2n) is 6.16. The molecule has 8 N–H and O–H groups in total. The standard InChI is InChI=1S/C16H27NO5.CH3NS2/c1-10(2)12-5-3-11(4-6-12)7-17-8-13(19)15(21)16(22)14(20)9-18;2-1(3)4/h3-6,10,13-22H,7-9H2,1-2H3;(H3,2,3,4)/t13-,14+,15+,16+;/m0./s1. The average Bonchev–Trinajstić information content (AvgIpc) is 2.59. The Morgan fingerprint density at radius 2 is 1.54 bits per heavy atom. The summed E-state index contributed by atoms with van der Waals surface area (Å²) in [4.78, 5) is 0. The molecule has 4 atom stereocenters. The Bertz CT molecular complexity index is 512. The fourth-order valence-corrected chi connectivity index (χ4v) is 2.07. The molecule has 0 saturated heterocycles. The Balaban J connectivity index is 0.00000141. The van der Waals surface area contributed by atoms with Crippen molar-refractivity contribution in [2.24, 2.45) is 5.73 Å². The smallest absolute Gasteiger partial charge is 0.128 e. The monoisotopic (exact) mass is 406 g/mol. The number of hydrogen-bond donors (Lipinski definition) is 8. The maximum absolute atomic E-state index is 9.76. The zero-order valence-corrected chi connectivity index (χ0v) is 16.7. The third-order valence-corrected chi connectivity index (χ3v) is 3.65. The Kier molecular flexibility index (Phi) is 13.0. The van der Waals surface area contributed by atoms with Crippen LogP contribution in [-0.2, 0) is 6.54 Å². The molecule has 0 aliphatic carbocycles. The lowest BCUT2D eigenvalue weighted by Gasteiger charge is -2.25. The van der Waals surface area contributed by atoms with Crippen molar-refractivity contribution in [2.45, 2.75) is 50.7 Å². The first-order chi connectivity index (χ1) is 12.1. The van der Waals surface area contributed by atoms with E-state index in [1.54, 1.807) is 0 Å². The lowest BCUT2D eigenvalue weighted by molar-refractivity contribution is -0.114. The number of rotatable bonds is 9. The minimum Gasteiger partial charge on any atom is -0.394 e. The fourth-order valence-electron chi connectivity index (χ4n) is 2.07. The molecular weight excluding hydrogens is 376 g/mol. The number of aliphatic hydroxyl groups excluding tert-OH is 5. The highest BCUT2D eigenvalue weighted by Crippen LogP contribution is 2.14. The third kappa shape index (κ3) is 10.4. The predicted molar refractivity (Wildman–Crippen MR) is 109 cm³/mol. The van der Waals surface area contributed by atoms with Crippen LogP contribution in [0.2, 0.25) is 0 Å². The first kappa shape index (κ1) is 25.2. The Hall–Kier alpha value is -0.780. The van der Waals surface area contributed by atoms with Gasteiger partial charge in [0.1, 0.15) is 22.6 Å². The largest absolute Gasteiger partial charge is 0.394 e. The van der Waals surface area contributed by atoms with Gasteiger partial charge >= 0.3 is 0 Å². The number of nitrogens with one attached hydrogen (secondary N) is 1. The third-order valence-electron chi connectivity index (χ3n) is 3.65. The molecule has 0 fully saturated rings. The number of benzene rings is 1. The second kappa shape index (κ2) is 13.4. The van der Waals surface area contributed by atoms with Gasteiger partial charge in [0.2, 0.25) is 0 Å². The lowest BCUT2D eigenvalue weighted by Crippen LogP contribution is -2.48. The summed E-state index contributed by atoms with van der Waals surface area (Å²) in [5, 5.41) is 49.9. The van der Waals surface area contributed by atoms with Crippen molar-refractivity contribution in [2.75, 3.05) is 13.2 Å². The molecule has 0 amide bonds. The van der Waals surface area contributed by atoms with E-state index in [-0.39, 0.29) is 10.9 Å². The molecule has 0 heterocycles. The number of hydrogen-bond acceptors (Lipinski definition) is 7. The van der Waals surface area contributed by atoms with Crippen molar-refractivity contribution < 1.29 is 25.5 Å². The van der Waals surface area contributed by atoms with Gasteiger partial charge in [-0.15, -0.1) is 12.6 Å². The summed E-state index contributed by atoms with van der Waals surface area (Å²) in [6, 6.07) is 8.09. The minimum absolute atomic E-state index is 0.0578. The summed E-state index contributed by atoms with van der Waals surface area (Å²) in [7, 11) is 0. The summed E-state index contributed by atoms with van der Waals surface area (Å²) in [5.74, 6) is 0.471. The van der Waals surface area contributed by atoms with Gasteiger partial charge in [-0.25, -0.2) is 0 Å². The zero-order chi connectivity index (χ0) is 20.3. The van der Waals surface area contributed by atoms with Crippen LogP contribution in [0.25, 0.3) is 0 Å². The molecule has 7 nitrogen and oxygen atoms in total. The number of aliphatic hydroxyl groups is 5. The van der Waals surface area contributed by atoms with Crippen LogP contribution in [0, 0.1) is 0 Å². The first-order valence-corrected chi connectivity index (χ1v) is 9.06. The molecule has 1 rings (SSSR count). The van der Waals surface area contributed by atoms with Gasteiger partial charge in [-0.3, -0.25) is 0 Å². The van der Waals surface area contributed by atoms with Crippen LogP contribution in [0.5, 0.6) is 0 Å². The normalized spacial score (nSPS) is 15.6. The van der Waals surface area contributed by atoms with Crippen molar-refractivity contribution in [3.63, 3.8) is 0 Å². The van der Waals surface area contributed by atoms with E-state index in [4.69, 9.17) is 10.8 Å². The van der Waals surface area contributed by atoms with Crippen molar-refractivity contribution in [1.29, 1.82) is 0 Å². The van der Waals surface area contributed by atoms with Crippen LogP contribution in [0.4, 0.5) is 0 Å². The number of nitrogens with two attached hydrogens (primary N) is 1. The van der Waals surface area contributed by atoms with Crippen LogP contribution in [0.15, 0.2) is 24.3 Å². The molecule has 1 aromatic rings. The van der Waals surface area contributed by atoms with Crippen LogP contribution >= 0.6 is 24.8 Å². The van der Waals surface area contributed by atoms with Crippen molar-refractivity contribution in [3.05, 3.63) is 35.4 Å². The van der Waals surface area contributed by atoms with Crippen LogP contribution in [0.3, 0.4) is 0 Å². The van der Waals surface area contributed by atoms with E-state index < -0.39 is 31.0 Å². The van der Waals surface area contributed by atoms with Gasteiger partial charge in [0.15, 0.2) is 0 Å². The quantitative estimate of drug-likeness (QED) is 0.203. The van der Waals surface area contributed by atoms with Gasteiger partial charge in [0.25, 0.3) is 0 Å². The minimum atomic E-state index is -1.59. The van der Waals surface area contributed by atoms with Crippen LogP contribution < -0.4 is 11.1 Å². The van der Waals surface area contributed by atoms with Crippen molar-refractivity contribution in [1.82, 2.24) is 5.32 Å². The van der Waals surface area contributed by atoms with Gasteiger partial charge < -0.3 is 36.6 Å². The lowest BCUT2D eigenvalue weighted by atomic mass is 10.0. The molecule has 0 radical (unpaired) electrons. The molecule has 26 heavy (non-hydrogen) atoms. The molecule has 0 aromatic heterocycles. The van der Waals surface area contributed by atoms with Gasteiger partial charge in [-0.1, -0.05) is 50.3 Å². The summed E-state index contributed by atoms with van der Waals surface area (Å²) >= 11 is 7.65. The van der Waals surface area contributed by atoms with E-state index in [9.17, 15) is 20.4 Å². The molecule has 1 aromatic carbocycles. The molecule has 0 spiro atoms. The van der Waals surface area contributed by atoms with Crippen LogP contribution in [0.1, 0.15) is 30.9 Å². The van der Waals surface area contributed by atoms with E-state index in [1.807, 2.05) is 24.3 Å². The molecule has 0 aliphatic heterocycles. The fraction of sp³-hybridized carbons (Fsp3) is 0.588. The Morgan fingerprint density at radius 1 is 1.08 bits per heavy atom. The van der Waals surface area contributed by atoms with E-state index in [2.05, 4.69) is 44.0 Å². The van der Waals surface area contributed by atoms with E-state index in [1.165, 1.54) is 5.56 Å². The van der Waals surface area contributed by atoms with Gasteiger partial charge in [-0.05, 0) is 17.0 Å². The highest BCUT2D eigenvalue weighted by atomic mass is 32.1. The maximum atomic E-state index is 9.76. The molecule has 0 saturated carbocycles. The van der Waals surface area contributed by atoms with Crippen molar-refractivity contribution in [3.8, 4) is 0 Å². The number of thiocarbonyl (C=S) groups is 1. The summed E-state index contributed by atoms with van der Waals surface area (Å²) in [6.45, 7) is 4.14. The molecular formula is C17H30N2O5S2. The summed E-state index contributed by atoms with van der Waals surface area (Å²) in [5.41, 5.74) is 7.00. The van der Waals surface area contributed by atoms with E-state index in [0.717, 1.165) is 5.56 Å². The Morgan fingerprint density at radius 3 is 1.96 bits per heavy atom. The topological polar surface area (TPSA) is 139 Å². The molecule has 150 valence electrons. The van der Waals surface area contributed by atoms with Gasteiger partial charge in [0, 0.05) is 13.1 Å². The van der Waals surface area contributed by atoms with Crippen LogP contribution in [-0.4, -0.2) is 67.4 Å². The van der Waals surface area contributed by atoms with Gasteiger partial charge in [0.05, 0.1) is 12.7 Å². The van der Waals surface area contributed by atoms with E-state index >= 15 is 0 Å². The SMILES string of the molecule is CC(C)c1ccc(CNC[C@H](O)[C@@H](O)[C@H](O)[C@H](O)CO)cc1.NC(=S)S.